The Kier molecular flexibility index (Phi) is 4.27. The summed E-state index contributed by atoms with van der Waals surface area (Å²) in [5.74, 6) is -0.784. The highest BCUT2D eigenvalue weighted by Gasteiger charge is 2.15. The molecule has 0 aliphatic heterocycles. The van der Waals surface area contributed by atoms with Crippen LogP contribution in [0.2, 0.25) is 0 Å². The third-order valence-electron chi connectivity index (χ3n) is 2.11. The molecule has 0 bridgehead atoms. The predicted octanol–water partition coefficient (Wildman–Crippen LogP) is 0.905. The number of rotatable bonds is 5. The zero-order chi connectivity index (χ0) is 12.0. The standard InChI is InChI=1S/C12H14N2O2/c1-2-12(16)14-10(8-11(13)15)9-6-4-3-5-7-9/h2-7,10H,1,8H2,(H2,13,15)(H,14,16)/t10-/m0/s1. The topological polar surface area (TPSA) is 72.2 Å². The van der Waals surface area contributed by atoms with Gasteiger partial charge in [0.15, 0.2) is 0 Å². The van der Waals surface area contributed by atoms with Crippen LogP contribution in [0.3, 0.4) is 0 Å². The van der Waals surface area contributed by atoms with Crippen LogP contribution >= 0.6 is 0 Å². The minimum absolute atomic E-state index is 0.0730. The summed E-state index contributed by atoms with van der Waals surface area (Å²) in [7, 11) is 0. The smallest absolute Gasteiger partial charge is 0.243 e. The molecule has 0 unspecified atom stereocenters. The maximum Gasteiger partial charge on any atom is 0.243 e. The highest BCUT2D eigenvalue weighted by atomic mass is 16.2. The summed E-state index contributed by atoms with van der Waals surface area (Å²) in [5.41, 5.74) is 5.98. The van der Waals surface area contributed by atoms with Gasteiger partial charge in [0.1, 0.15) is 0 Å². The Hall–Kier alpha value is -2.10. The summed E-state index contributed by atoms with van der Waals surface area (Å²) in [5, 5.41) is 2.66. The van der Waals surface area contributed by atoms with Crippen molar-refractivity contribution in [3.63, 3.8) is 0 Å². The number of amides is 2. The summed E-state index contributed by atoms with van der Waals surface area (Å²) >= 11 is 0. The van der Waals surface area contributed by atoms with Crippen LogP contribution < -0.4 is 11.1 Å². The second kappa shape index (κ2) is 5.70. The fraction of sp³-hybridized carbons (Fsp3) is 0.167. The molecule has 4 heteroatoms. The van der Waals surface area contributed by atoms with Gasteiger partial charge in [-0.1, -0.05) is 36.9 Å². The minimum Gasteiger partial charge on any atom is -0.370 e. The number of hydrogen-bond acceptors (Lipinski definition) is 2. The lowest BCUT2D eigenvalue weighted by Gasteiger charge is -2.16. The van der Waals surface area contributed by atoms with Gasteiger partial charge in [0.25, 0.3) is 0 Å². The SMILES string of the molecule is C=CC(=O)N[C@@H](CC(N)=O)c1ccccc1. The molecule has 0 aliphatic rings. The van der Waals surface area contributed by atoms with Gasteiger partial charge >= 0.3 is 0 Å². The second-order valence-electron chi connectivity index (χ2n) is 3.35. The number of nitrogens with one attached hydrogen (secondary N) is 1. The van der Waals surface area contributed by atoms with Crippen LogP contribution in [0.15, 0.2) is 43.0 Å². The summed E-state index contributed by atoms with van der Waals surface area (Å²) in [4.78, 5) is 22.1. The number of benzene rings is 1. The quantitative estimate of drug-likeness (QED) is 0.721. The maximum atomic E-state index is 11.2. The third-order valence-corrected chi connectivity index (χ3v) is 2.11. The Bertz CT molecular complexity index is 387. The third kappa shape index (κ3) is 3.57. The van der Waals surface area contributed by atoms with Crippen LogP contribution in [0.1, 0.15) is 18.0 Å². The molecule has 1 aromatic carbocycles. The Morgan fingerprint density at radius 1 is 1.38 bits per heavy atom. The van der Waals surface area contributed by atoms with E-state index >= 15 is 0 Å². The van der Waals surface area contributed by atoms with Gasteiger partial charge in [-0.3, -0.25) is 9.59 Å². The number of carbonyl (C=O) groups excluding carboxylic acids is 2. The van der Waals surface area contributed by atoms with Gasteiger partial charge < -0.3 is 11.1 Å². The molecule has 0 saturated carbocycles. The predicted molar refractivity (Wildman–Crippen MR) is 61.3 cm³/mol. The lowest BCUT2D eigenvalue weighted by molar-refractivity contribution is -0.119. The van der Waals surface area contributed by atoms with E-state index in [-0.39, 0.29) is 12.3 Å². The summed E-state index contributed by atoms with van der Waals surface area (Å²) in [6.45, 7) is 3.36. The van der Waals surface area contributed by atoms with Crippen molar-refractivity contribution in [3.05, 3.63) is 48.6 Å². The molecule has 16 heavy (non-hydrogen) atoms. The fourth-order valence-corrected chi connectivity index (χ4v) is 1.37. The van der Waals surface area contributed by atoms with Gasteiger partial charge in [-0.2, -0.15) is 0 Å². The maximum absolute atomic E-state index is 11.2. The molecule has 1 rings (SSSR count). The summed E-state index contributed by atoms with van der Waals surface area (Å²) in [6, 6.07) is 8.80. The first kappa shape index (κ1) is 12.0. The van der Waals surface area contributed by atoms with Crippen LogP contribution in [0.25, 0.3) is 0 Å². The van der Waals surface area contributed by atoms with E-state index in [0.29, 0.717) is 0 Å². The normalized spacial score (nSPS) is 11.5. The van der Waals surface area contributed by atoms with Crippen molar-refractivity contribution in [2.45, 2.75) is 12.5 Å². The average molecular weight is 218 g/mol. The zero-order valence-corrected chi connectivity index (χ0v) is 8.85. The molecule has 84 valence electrons. The van der Waals surface area contributed by atoms with Crippen molar-refractivity contribution in [2.24, 2.45) is 5.73 Å². The van der Waals surface area contributed by atoms with Gasteiger partial charge in [0.05, 0.1) is 12.5 Å². The molecule has 0 aromatic heterocycles. The molecule has 0 spiro atoms. The monoisotopic (exact) mass is 218 g/mol. The van der Waals surface area contributed by atoms with Crippen molar-refractivity contribution in [1.82, 2.24) is 5.32 Å². The van der Waals surface area contributed by atoms with Crippen LogP contribution in [-0.4, -0.2) is 11.8 Å². The number of hydrogen-bond donors (Lipinski definition) is 2. The Morgan fingerprint density at radius 2 is 2.00 bits per heavy atom. The van der Waals surface area contributed by atoms with E-state index in [1.165, 1.54) is 0 Å². The van der Waals surface area contributed by atoms with E-state index in [2.05, 4.69) is 11.9 Å². The zero-order valence-electron chi connectivity index (χ0n) is 8.85. The second-order valence-corrected chi connectivity index (χ2v) is 3.35. The summed E-state index contributed by atoms with van der Waals surface area (Å²) < 4.78 is 0. The molecule has 0 saturated heterocycles. The molecule has 0 radical (unpaired) electrons. The molecule has 0 fully saturated rings. The molecule has 1 atom stereocenters. The lowest BCUT2D eigenvalue weighted by atomic mass is 10.0. The van der Waals surface area contributed by atoms with E-state index in [0.717, 1.165) is 11.6 Å². The molecule has 0 aliphatic carbocycles. The van der Waals surface area contributed by atoms with Gasteiger partial charge in [-0.15, -0.1) is 0 Å². The first-order valence-electron chi connectivity index (χ1n) is 4.89. The number of nitrogens with two attached hydrogens (primary N) is 1. The molecule has 0 heterocycles. The van der Waals surface area contributed by atoms with Crippen molar-refractivity contribution >= 4 is 11.8 Å². The number of primary amides is 1. The average Bonchev–Trinajstić information content (AvgIpc) is 2.28. The molecule has 4 nitrogen and oxygen atoms in total. The van der Waals surface area contributed by atoms with E-state index in [9.17, 15) is 9.59 Å². The van der Waals surface area contributed by atoms with E-state index < -0.39 is 11.9 Å². The van der Waals surface area contributed by atoms with Crippen molar-refractivity contribution in [1.29, 1.82) is 0 Å². The molecule has 3 N–H and O–H groups in total. The molecular weight excluding hydrogens is 204 g/mol. The van der Waals surface area contributed by atoms with Crippen LogP contribution in [0.5, 0.6) is 0 Å². The summed E-state index contributed by atoms with van der Waals surface area (Å²) in [6.07, 6.45) is 1.24. The molecular formula is C12H14N2O2. The molecule has 1 aromatic rings. The molecule has 2 amide bonds. The van der Waals surface area contributed by atoms with E-state index in [4.69, 9.17) is 5.73 Å². The van der Waals surface area contributed by atoms with Gasteiger partial charge in [-0.25, -0.2) is 0 Å². The Morgan fingerprint density at radius 3 is 2.50 bits per heavy atom. The minimum atomic E-state index is -0.460. The first-order chi connectivity index (χ1) is 7.63. The van der Waals surface area contributed by atoms with E-state index in [1.807, 2.05) is 30.3 Å². The van der Waals surface area contributed by atoms with Crippen LogP contribution in [-0.2, 0) is 9.59 Å². The highest BCUT2D eigenvalue weighted by molar-refractivity contribution is 5.87. The largest absolute Gasteiger partial charge is 0.370 e. The van der Waals surface area contributed by atoms with Gasteiger partial charge in [0, 0.05) is 0 Å². The van der Waals surface area contributed by atoms with Crippen molar-refractivity contribution < 1.29 is 9.59 Å². The highest BCUT2D eigenvalue weighted by Crippen LogP contribution is 2.15. The Balaban J connectivity index is 2.83. The van der Waals surface area contributed by atoms with E-state index in [1.54, 1.807) is 0 Å². The van der Waals surface area contributed by atoms with Crippen molar-refractivity contribution in [3.8, 4) is 0 Å². The van der Waals surface area contributed by atoms with Crippen molar-refractivity contribution in [2.75, 3.05) is 0 Å². The first-order valence-corrected chi connectivity index (χ1v) is 4.89. The number of carbonyl (C=O) groups is 2. The van der Waals surface area contributed by atoms with Gasteiger partial charge in [-0.05, 0) is 11.6 Å². The fourth-order valence-electron chi connectivity index (χ4n) is 1.37. The van der Waals surface area contributed by atoms with Gasteiger partial charge in [0.2, 0.25) is 11.8 Å². The lowest BCUT2D eigenvalue weighted by Crippen LogP contribution is -2.30. The van der Waals surface area contributed by atoms with Crippen LogP contribution in [0, 0.1) is 0 Å². The van der Waals surface area contributed by atoms with Crippen LogP contribution in [0.4, 0.5) is 0 Å². The Labute approximate surface area is 94.1 Å².